The number of nitrogens with zero attached hydrogens (tertiary/aromatic N) is 2. The Morgan fingerprint density at radius 1 is 1.74 bits per heavy atom. The molecule has 0 spiro atoms. The fourth-order valence-electron chi connectivity index (χ4n) is 1.55. The first kappa shape index (κ1) is 15.6. The Labute approximate surface area is 112 Å². The van der Waals surface area contributed by atoms with Crippen molar-refractivity contribution in [2.45, 2.75) is 25.0 Å². The summed E-state index contributed by atoms with van der Waals surface area (Å²) in [6, 6.07) is -0.785. The number of amides is 1. The van der Waals surface area contributed by atoms with Crippen molar-refractivity contribution in [2.24, 2.45) is 12.8 Å². The van der Waals surface area contributed by atoms with E-state index in [-0.39, 0.29) is 12.5 Å². The van der Waals surface area contributed by atoms with Crippen LogP contribution >= 0.6 is 0 Å². The maximum Gasteiger partial charge on any atom is 0.241 e. The van der Waals surface area contributed by atoms with Gasteiger partial charge in [0, 0.05) is 45.5 Å². The van der Waals surface area contributed by atoms with Crippen molar-refractivity contribution in [3.8, 4) is 0 Å². The van der Waals surface area contributed by atoms with Crippen LogP contribution in [0.2, 0.25) is 0 Å². The predicted molar refractivity (Wildman–Crippen MR) is 70.3 cm³/mol. The van der Waals surface area contributed by atoms with Gasteiger partial charge in [0.15, 0.2) is 0 Å². The molecule has 0 fully saturated rings. The molecule has 1 amide bonds. The molecule has 108 valence electrons. The van der Waals surface area contributed by atoms with Crippen molar-refractivity contribution < 1.29 is 14.6 Å². The van der Waals surface area contributed by atoms with Gasteiger partial charge in [-0.15, -0.1) is 0 Å². The molecule has 0 aliphatic rings. The molecule has 1 aromatic heterocycles. The second-order valence-corrected chi connectivity index (χ2v) is 4.88. The van der Waals surface area contributed by atoms with Crippen LogP contribution in [0.15, 0.2) is 12.4 Å². The van der Waals surface area contributed by atoms with Crippen LogP contribution in [0.4, 0.5) is 0 Å². The SMILES string of the molecule is COCCC(C)(O)CNC(=O)C(N)c1cnn(C)c1. The highest BCUT2D eigenvalue weighted by molar-refractivity contribution is 5.82. The van der Waals surface area contributed by atoms with Crippen LogP contribution in [0.5, 0.6) is 0 Å². The van der Waals surface area contributed by atoms with E-state index in [1.54, 1.807) is 38.2 Å². The number of aromatic nitrogens is 2. The maximum absolute atomic E-state index is 11.9. The van der Waals surface area contributed by atoms with Gasteiger partial charge in [-0.3, -0.25) is 9.48 Å². The number of carbonyl (C=O) groups excluding carboxylic acids is 1. The Kier molecular flexibility index (Phi) is 5.46. The average molecular weight is 270 g/mol. The number of hydrogen-bond donors (Lipinski definition) is 3. The fourth-order valence-corrected chi connectivity index (χ4v) is 1.55. The molecule has 2 unspecified atom stereocenters. The Hall–Kier alpha value is -1.44. The van der Waals surface area contributed by atoms with Crippen molar-refractivity contribution in [1.82, 2.24) is 15.1 Å². The molecule has 1 heterocycles. The van der Waals surface area contributed by atoms with E-state index in [4.69, 9.17) is 10.5 Å². The highest BCUT2D eigenvalue weighted by Crippen LogP contribution is 2.11. The van der Waals surface area contributed by atoms with Gasteiger partial charge in [0.05, 0.1) is 11.8 Å². The van der Waals surface area contributed by atoms with Gasteiger partial charge in [0.25, 0.3) is 0 Å². The molecule has 19 heavy (non-hydrogen) atoms. The summed E-state index contributed by atoms with van der Waals surface area (Å²) >= 11 is 0. The number of hydrogen-bond acceptors (Lipinski definition) is 5. The third-order valence-corrected chi connectivity index (χ3v) is 2.85. The van der Waals surface area contributed by atoms with Crippen molar-refractivity contribution in [2.75, 3.05) is 20.3 Å². The van der Waals surface area contributed by atoms with Gasteiger partial charge in [0.2, 0.25) is 5.91 Å². The van der Waals surface area contributed by atoms with E-state index >= 15 is 0 Å². The zero-order valence-corrected chi connectivity index (χ0v) is 11.6. The van der Waals surface area contributed by atoms with Crippen LogP contribution in [0, 0.1) is 0 Å². The summed E-state index contributed by atoms with van der Waals surface area (Å²) < 4.78 is 6.48. The molecule has 1 aromatic rings. The molecule has 0 aromatic carbocycles. The Balaban J connectivity index is 2.46. The van der Waals surface area contributed by atoms with Gasteiger partial charge in [-0.25, -0.2) is 0 Å². The number of aryl methyl sites for hydroxylation is 1. The van der Waals surface area contributed by atoms with Crippen molar-refractivity contribution >= 4 is 5.91 Å². The lowest BCUT2D eigenvalue weighted by atomic mass is 10.0. The number of carbonyl (C=O) groups is 1. The minimum Gasteiger partial charge on any atom is -0.388 e. The summed E-state index contributed by atoms with van der Waals surface area (Å²) in [7, 11) is 3.32. The number of rotatable bonds is 7. The first-order valence-electron chi connectivity index (χ1n) is 6.09. The van der Waals surface area contributed by atoms with Gasteiger partial charge < -0.3 is 20.9 Å². The largest absolute Gasteiger partial charge is 0.388 e. The van der Waals surface area contributed by atoms with Crippen LogP contribution in [0.25, 0.3) is 0 Å². The molecule has 7 heteroatoms. The van der Waals surface area contributed by atoms with Gasteiger partial charge in [0.1, 0.15) is 6.04 Å². The second kappa shape index (κ2) is 6.65. The third kappa shape index (κ3) is 4.98. The van der Waals surface area contributed by atoms with Gasteiger partial charge in [-0.05, 0) is 6.92 Å². The van der Waals surface area contributed by atoms with E-state index in [0.717, 1.165) is 0 Å². The highest BCUT2D eigenvalue weighted by atomic mass is 16.5. The molecular weight excluding hydrogens is 248 g/mol. The molecule has 7 nitrogen and oxygen atoms in total. The number of aliphatic hydroxyl groups is 1. The molecular formula is C12H22N4O3. The summed E-state index contributed by atoms with van der Waals surface area (Å²) in [5.74, 6) is -0.342. The first-order chi connectivity index (χ1) is 8.85. The maximum atomic E-state index is 11.9. The number of ether oxygens (including phenoxy) is 1. The molecule has 1 rings (SSSR count). The number of nitrogens with one attached hydrogen (secondary N) is 1. The molecule has 0 bridgehead atoms. The molecule has 0 aliphatic carbocycles. The molecule has 0 radical (unpaired) electrons. The minimum absolute atomic E-state index is 0.128. The van der Waals surface area contributed by atoms with E-state index in [1.165, 1.54) is 0 Å². The topological polar surface area (TPSA) is 102 Å². The quantitative estimate of drug-likeness (QED) is 0.609. The summed E-state index contributed by atoms with van der Waals surface area (Å²) in [5, 5.41) is 16.6. The van der Waals surface area contributed by atoms with Crippen LogP contribution in [0.1, 0.15) is 24.9 Å². The average Bonchev–Trinajstić information content (AvgIpc) is 2.79. The Morgan fingerprint density at radius 3 is 2.95 bits per heavy atom. The third-order valence-electron chi connectivity index (χ3n) is 2.85. The fraction of sp³-hybridized carbons (Fsp3) is 0.667. The lowest BCUT2D eigenvalue weighted by molar-refractivity contribution is -0.123. The highest BCUT2D eigenvalue weighted by Gasteiger charge is 2.23. The Morgan fingerprint density at radius 2 is 2.42 bits per heavy atom. The summed E-state index contributed by atoms with van der Waals surface area (Å²) in [6.45, 7) is 2.20. The van der Waals surface area contributed by atoms with Crippen molar-refractivity contribution in [3.63, 3.8) is 0 Å². The summed E-state index contributed by atoms with van der Waals surface area (Å²) in [4.78, 5) is 11.9. The molecule has 4 N–H and O–H groups in total. The molecule has 0 saturated heterocycles. The molecule has 0 saturated carbocycles. The van der Waals surface area contributed by atoms with E-state index < -0.39 is 11.6 Å². The second-order valence-electron chi connectivity index (χ2n) is 4.88. The van der Waals surface area contributed by atoms with E-state index in [1.807, 2.05) is 0 Å². The predicted octanol–water partition coefficient (Wildman–Crippen LogP) is -0.676. The van der Waals surface area contributed by atoms with Gasteiger partial charge >= 0.3 is 0 Å². The van der Waals surface area contributed by atoms with Crippen LogP contribution in [-0.2, 0) is 16.6 Å². The summed E-state index contributed by atoms with van der Waals surface area (Å²) in [5.41, 5.74) is 5.43. The minimum atomic E-state index is -1.01. The smallest absolute Gasteiger partial charge is 0.241 e. The van der Waals surface area contributed by atoms with E-state index in [9.17, 15) is 9.90 Å². The molecule has 0 aliphatic heterocycles. The van der Waals surface area contributed by atoms with Crippen LogP contribution < -0.4 is 11.1 Å². The van der Waals surface area contributed by atoms with Crippen LogP contribution in [-0.4, -0.2) is 46.7 Å². The van der Waals surface area contributed by atoms with Gasteiger partial charge in [-0.2, -0.15) is 5.10 Å². The van der Waals surface area contributed by atoms with E-state index in [0.29, 0.717) is 18.6 Å². The number of nitrogens with two attached hydrogens (primary N) is 1. The number of methoxy groups -OCH3 is 1. The first-order valence-corrected chi connectivity index (χ1v) is 6.09. The monoisotopic (exact) mass is 270 g/mol. The van der Waals surface area contributed by atoms with Gasteiger partial charge in [-0.1, -0.05) is 0 Å². The van der Waals surface area contributed by atoms with Crippen molar-refractivity contribution in [1.29, 1.82) is 0 Å². The Bertz CT molecular complexity index is 417. The zero-order chi connectivity index (χ0) is 14.5. The standard InChI is InChI=1S/C12H22N4O3/c1-12(18,4-5-19-3)8-14-11(17)10(13)9-6-15-16(2)7-9/h6-7,10,18H,4-5,8,13H2,1-3H3,(H,14,17). The lowest BCUT2D eigenvalue weighted by Crippen LogP contribution is -2.44. The normalized spacial score (nSPS) is 15.8. The summed E-state index contributed by atoms with van der Waals surface area (Å²) in [6.07, 6.45) is 3.67. The van der Waals surface area contributed by atoms with Crippen LogP contribution in [0.3, 0.4) is 0 Å². The van der Waals surface area contributed by atoms with E-state index in [2.05, 4.69) is 10.4 Å². The lowest BCUT2D eigenvalue weighted by Gasteiger charge is -2.24. The zero-order valence-electron chi connectivity index (χ0n) is 11.6. The van der Waals surface area contributed by atoms with Crippen molar-refractivity contribution in [3.05, 3.63) is 18.0 Å². The molecule has 2 atom stereocenters.